The summed E-state index contributed by atoms with van der Waals surface area (Å²) in [5.74, 6) is -0.910. The second-order valence-corrected chi connectivity index (χ2v) is 4.65. The molecule has 0 aromatic heterocycles. The van der Waals surface area contributed by atoms with Gasteiger partial charge in [-0.25, -0.2) is 4.39 Å². The van der Waals surface area contributed by atoms with Gasteiger partial charge in [-0.3, -0.25) is 0 Å². The third-order valence-electron chi connectivity index (χ3n) is 3.08. The van der Waals surface area contributed by atoms with Crippen LogP contribution in [0.3, 0.4) is 0 Å². The number of hydrogen-bond acceptors (Lipinski definition) is 3. The molecule has 0 aliphatic carbocycles. The Bertz CT molecular complexity index is 400. The Labute approximate surface area is 101 Å². The lowest BCUT2D eigenvalue weighted by Gasteiger charge is -2.39. The van der Waals surface area contributed by atoms with E-state index in [1.807, 2.05) is 6.92 Å². The van der Waals surface area contributed by atoms with Crippen LogP contribution in [0.2, 0.25) is 0 Å². The van der Waals surface area contributed by atoms with Crippen molar-refractivity contribution in [2.24, 2.45) is 11.7 Å². The largest absolute Gasteiger partial charge is 0.344 e. The second-order valence-electron chi connectivity index (χ2n) is 4.65. The van der Waals surface area contributed by atoms with E-state index >= 15 is 0 Å². The lowest BCUT2D eigenvalue weighted by Crippen LogP contribution is -2.46. The normalized spacial score (nSPS) is 29.3. The van der Waals surface area contributed by atoms with Crippen molar-refractivity contribution >= 4 is 0 Å². The van der Waals surface area contributed by atoms with E-state index < -0.39 is 5.79 Å². The monoisotopic (exact) mass is 239 g/mol. The van der Waals surface area contributed by atoms with E-state index in [1.54, 1.807) is 19.1 Å². The zero-order valence-electron chi connectivity index (χ0n) is 10.2. The molecule has 1 aromatic rings. The minimum absolute atomic E-state index is 0.183. The maximum absolute atomic E-state index is 13.6. The number of nitrogens with two attached hydrogens (primary N) is 1. The third kappa shape index (κ3) is 2.34. The fourth-order valence-corrected chi connectivity index (χ4v) is 1.88. The van der Waals surface area contributed by atoms with Gasteiger partial charge in [0.25, 0.3) is 0 Å². The fourth-order valence-electron chi connectivity index (χ4n) is 1.88. The van der Waals surface area contributed by atoms with Crippen molar-refractivity contribution in [3.8, 4) is 0 Å². The van der Waals surface area contributed by atoms with Gasteiger partial charge in [0.15, 0.2) is 0 Å². The van der Waals surface area contributed by atoms with Crippen LogP contribution in [-0.4, -0.2) is 19.8 Å². The fraction of sp³-hybridized carbons (Fsp3) is 0.538. The number of aryl methyl sites for hydroxylation is 1. The molecule has 2 rings (SSSR count). The maximum Gasteiger partial charge on any atom is 0.207 e. The highest BCUT2D eigenvalue weighted by atomic mass is 19.1. The summed E-state index contributed by atoms with van der Waals surface area (Å²) in [7, 11) is 0. The van der Waals surface area contributed by atoms with E-state index in [4.69, 9.17) is 15.2 Å². The summed E-state index contributed by atoms with van der Waals surface area (Å²) in [6, 6.07) is 4.96. The number of halogens is 1. The Morgan fingerprint density at radius 3 is 2.59 bits per heavy atom. The molecule has 94 valence electrons. The van der Waals surface area contributed by atoms with Crippen LogP contribution in [0.15, 0.2) is 18.2 Å². The van der Waals surface area contributed by atoms with E-state index in [0.717, 1.165) is 0 Å². The van der Waals surface area contributed by atoms with Crippen molar-refractivity contribution in [2.75, 3.05) is 19.8 Å². The average molecular weight is 239 g/mol. The van der Waals surface area contributed by atoms with Gasteiger partial charge in [0.1, 0.15) is 5.82 Å². The van der Waals surface area contributed by atoms with E-state index in [1.165, 1.54) is 6.07 Å². The van der Waals surface area contributed by atoms with Crippen LogP contribution in [0.4, 0.5) is 4.39 Å². The second kappa shape index (κ2) is 4.72. The molecule has 4 heteroatoms. The standard InChI is InChI=1S/C13H18FNO2/c1-9-6-16-13(8-15,17-7-9)11-4-3-10(2)12(14)5-11/h3-5,9H,6-8,15H2,1-2H3. The van der Waals surface area contributed by atoms with E-state index in [9.17, 15) is 4.39 Å². The lowest BCUT2D eigenvalue weighted by atomic mass is 10.0. The molecular weight excluding hydrogens is 221 g/mol. The molecule has 1 aliphatic heterocycles. The number of benzene rings is 1. The Kier molecular flexibility index (Phi) is 3.47. The van der Waals surface area contributed by atoms with E-state index in [2.05, 4.69) is 0 Å². The van der Waals surface area contributed by atoms with Gasteiger partial charge < -0.3 is 15.2 Å². The average Bonchev–Trinajstić information content (AvgIpc) is 2.34. The van der Waals surface area contributed by atoms with E-state index in [0.29, 0.717) is 30.3 Å². The molecule has 0 atom stereocenters. The van der Waals surface area contributed by atoms with Gasteiger partial charge >= 0.3 is 0 Å². The Hall–Kier alpha value is -0.970. The summed E-state index contributed by atoms with van der Waals surface area (Å²) in [5, 5.41) is 0. The molecule has 0 radical (unpaired) electrons. The summed E-state index contributed by atoms with van der Waals surface area (Å²) in [5.41, 5.74) is 6.98. The predicted molar refractivity (Wildman–Crippen MR) is 62.9 cm³/mol. The zero-order valence-corrected chi connectivity index (χ0v) is 10.2. The summed E-state index contributed by atoms with van der Waals surface area (Å²) >= 11 is 0. The molecule has 1 heterocycles. The topological polar surface area (TPSA) is 44.5 Å². The number of hydrogen-bond donors (Lipinski definition) is 1. The molecule has 2 N–H and O–H groups in total. The van der Waals surface area contributed by atoms with Gasteiger partial charge in [-0.05, 0) is 18.6 Å². The molecule has 1 aromatic carbocycles. The maximum atomic E-state index is 13.6. The molecule has 0 unspecified atom stereocenters. The Morgan fingerprint density at radius 1 is 1.41 bits per heavy atom. The third-order valence-corrected chi connectivity index (χ3v) is 3.08. The first-order valence-electron chi connectivity index (χ1n) is 5.82. The SMILES string of the molecule is Cc1ccc(C2(CN)OCC(C)CO2)cc1F. The quantitative estimate of drug-likeness (QED) is 0.857. The molecule has 3 nitrogen and oxygen atoms in total. The predicted octanol–water partition coefficient (Wildman–Crippen LogP) is 1.93. The van der Waals surface area contributed by atoms with Crippen molar-refractivity contribution in [3.63, 3.8) is 0 Å². The minimum atomic E-state index is -0.985. The van der Waals surface area contributed by atoms with Gasteiger partial charge in [-0.1, -0.05) is 19.1 Å². The van der Waals surface area contributed by atoms with Gasteiger partial charge in [-0.2, -0.15) is 0 Å². The molecule has 0 saturated carbocycles. The Balaban J connectivity index is 2.31. The minimum Gasteiger partial charge on any atom is -0.344 e. The molecule has 0 amide bonds. The highest BCUT2D eigenvalue weighted by molar-refractivity contribution is 5.27. The molecule has 1 fully saturated rings. The molecule has 0 spiro atoms. The van der Waals surface area contributed by atoms with Crippen LogP contribution in [0.25, 0.3) is 0 Å². The molecule has 1 aliphatic rings. The van der Waals surface area contributed by atoms with Crippen molar-refractivity contribution in [3.05, 3.63) is 35.1 Å². The first-order valence-corrected chi connectivity index (χ1v) is 5.82. The molecule has 1 saturated heterocycles. The van der Waals surface area contributed by atoms with Crippen LogP contribution in [0.5, 0.6) is 0 Å². The summed E-state index contributed by atoms with van der Waals surface area (Å²) in [6.45, 7) is 5.09. The van der Waals surface area contributed by atoms with Crippen LogP contribution >= 0.6 is 0 Å². The number of ether oxygens (including phenoxy) is 2. The summed E-state index contributed by atoms with van der Waals surface area (Å²) in [4.78, 5) is 0. The van der Waals surface area contributed by atoms with Crippen LogP contribution in [0.1, 0.15) is 18.1 Å². The van der Waals surface area contributed by atoms with Crippen LogP contribution < -0.4 is 5.73 Å². The lowest BCUT2D eigenvalue weighted by molar-refractivity contribution is -0.284. The first kappa shape index (κ1) is 12.5. The van der Waals surface area contributed by atoms with Crippen molar-refractivity contribution in [1.82, 2.24) is 0 Å². The van der Waals surface area contributed by atoms with Crippen LogP contribution in [-0.2, 0) is 15.3 Å². The smallest absolute Gasteiger partial charge is 0.207 e. The van der Waals surface area contributed by atoms with Gasteiger partial charge in [-0.15, -0.1) is 0 Å². The van der Waals surface area contributed by atoms with Gasteiger partial charge in [0, 0.05) is 11.5 Å². The highest BCUT2D eigenvalue weighted by Gasteiger charge is 2.37. The van der Waals surface area contributed by atoms with Gasteiger partial charge in [0.2, 0.25) is 5.79 Å². The summed E-state index contributed by atoms with van der Waals surface area (Å²) in [6.07, 6.45) is 0. The molecule has 0 bridgehead atoms. The first-order chi connectivity index (χ1) is 8.07. The highest BCUT2D eigenvalue weighted by Crippen LogP contribution is 2.32. The van der Waals surface area contributed by atoms with Crippen molar-refractivity contribution in [1.29, 1.82) is 0 Å². The zero-order chi connectivity index (χ0) is 12.5. The van der Waals surface area contributed by atoms with Gasteiger partial charge in [0.05, 0.1) is 19.8 Å². The molecular formula is C13H18FNO2. The number of rotatable bonds is 2. The Morgan fingerprint density at radius 2 is 2.06 bits per heavy atom. The summed E-state index contributed by atoms with van der Waals surface area (Å²) < 4.78 is 25.0. The van der Waals surface area contributed by atoms with Crippen molar-refractivity contribution < 1.29 is 13.9 Å². The van der Waals surface area contributed by atoms with Crippen LogP contribution in [0, 0.1) is 18.7 Å². The molecule has 17 heavy (non-hydrogen) atoms. The van der Waals surface area contributed by atoms with E-state index in [-0.39, 0.29) is 12.4 Å². The van der Waals surface area contributed by atoms with Crippen molar-refractivity contribution in [2.45, 2.75) is 19.6 Å².